The Kier molecular flexibility index (Phi) is 16.9. The maximum Gasteiger partial charge on any atom is 0.303 e. The van der Waals surface area contributed by atoms with Gasteiger partial charge in [0.1, 0.15) is 0 Å². The van der Waals surface area contributed by atoms with Crippen LogP contribution in [0.5, 0.6) is 0 Å². The van der Waals surface area contributed by atoms with Crippen LogP contribution >= 0.6 is 0 Å². The number of rotatable bonds is 7. The van der Waals surface area contributed by atoms with Gasteiger partial charge in [0, 0.05) is 6.42 Å². The molecule has 14 heavy (non-hydrogen) atoms. The molecule has 4 nitrogen and oxygen atoms in total. The molecule has 0 aromatic heterocycles. The van der Waals surface area contributed by atoms with Crippen LogP contribution < -0.4 is 0 Å². The lowest BCUT2D eigenvalue weighted by Crippen LogP contribution is -1.93. The molecule has 0 saturated heterocycles. The van der Waals surface area contributed by atoms with Crippen LogP contribution in [-0.2, 0) is 14.6 Å². The molecule has 0 aromatic rings. The Labute approximate surface area is 86.1 Å². The molecular formula is C10H22O4. The average molecular weight is 206 g/mol. The summed E-state index contributed by atoms with van der Waals surface area (Å²) in [6.45, 7) is 2.15. The zero-order chi connectivity index (χ0) is 11.2. The van der Waals surface area contributed by atoms with E-state index in [0.29, 0.717) is 6.42 Å². The molecule has 0 spiro atoms. The van der Waals surface area contributed by atoms with E-state index >= 15 is 0 Å². The minimum Gasteiger partial charge on any atom is -0.481 e. The topological polar surface area (TPSA) is 55.8 Å². The number of carbonyl (C=O) groups is 1. The van der Waals surface area contributed by atoms with E-state index < -0.39 is 5.97 Å². The van der Waals surface area contributed by atoms with Crippen LogP contribution in [0, 0.1) is 0 Å². The van der Waals surface area contributed by atoms with Crippen LogP contribution in [0.1, 0.15) is 45.4 Å². The van der Waals surface area contributed by atoms with Gasteiger partial charge in [0.05, 0.1) is 14.2 Å². The summed E-state index contributed by atoms with van der Waals surface area (Å²) >= 11 is 0. The minimum absolute atomic E-state index is 0.337. The van der Waals surface area contributed by atoms with Crippen molar-refractivity contribution in [3.05, 3.63) is 0 Å². The van der Waals surface area contributed by atoms with Crippen molar-refractivity contribution < 1.29 is 19.7 Å². The van der Waals surface area contributed by atoms with Crippen LogP contribution in [0.25, 0.3) is 0 Å². The first-order chi connectivity index (χ1) is 6.68. The molecule has 86 valence electrons. The Morgan fingerprint density at radius 3 is 1.93 bits per heavy atom. The molecular weight excluding hydrogens is 184 g/mol. The van der Waals surface area contributed by atoms with Crippen LogP contribution in [0.2, 0.25) is 0 Å². The molecule has 0 unspecified atom stereocenters. The highest BCUT2D eigenvalue weighted by molar-refractivity contribution is 5.66. The van der Waals surface area contributed by atoms with Crippen LogP contribution in [0.3, 0.4) is 0 Å². The van der Waals surface area contributed by atoms with Crippen molar-refractivity contribution in [1.29, 1.82) is 0 Å². The summed E-state index contributed by atoms with van der Waals surface area (Å²) in [5.41, 5.74) is 0. The predicted molar refractivity (Wildman–Crippen MR) is 55.0 cm³/mol. The molecule has 0 aliphatic heterocycles. The Balaban J connectivity index is 0. The fraction of sp³-hybridized carbons (Fsp3) is 0.900. The Hall–Kier alpha value is -0.610. The number of aliphatic carboxylic acids is 1. The molecule has 0 atom stereocenters. The summed E-state index contributed by atoms with van der Waals surface area (Å²) in [7, 11) is 2.92. The number of hydrogen-bond donors (Lipinski definition) is 1. The number of hydrogen-bond acceptors (Lipinski definition) is 3. The molecule has 0 aliphatic rings. The molecule has 0 aliphatic carbocycles. The van der Waals surface area contributed by atoms with E-state index in [-0.39, 0.29) is 0 Å². The van der Waals surface area contributed by atoms with Crippen molar-refractivity contribution in [2.24, 2.45) is 0 Å². The number of carboxylic acid groups (broad SMARTS) is 1. The fourth-order valence-electron chi connectivity index (χ4n) is 0.880. The van der Waals surface area contributed by atoms with E-state index in [4.69, 9.17) is 5.11 Å². The van der Waals surface area contributed by atoms with Crippen molar-refractivity contribution in [3.8, 4) is 0 Å². The first kappa shape index (κ1) is 15.8. The van der Waals surface area contributed by atoms with Gasteiger partial charge in [-0.15, -0.1) is 0 Å². The zero-order valence-electron chi connectivity index (χ0n) is 9.41. The van der Waals surface area contributed by atoms with Gasteiger partial charge in [0.25, 0.3) is 0 Å². The third kappa shape index (κ3) is 22.5. The van der Waals surface area contributed by atoms with Gasteiger partial charge in [-0.25, -0.2) is 9.78 Å². The number of unbranched alkanes of at least 4 members (excludes halogenated alkanes) is 4. The lowest BCUT2D eigenvalue weighted by Gasteiger charge is -1.95. The SMILES string of the molecule is CCCCCCCC(=O)O.COOC. The van der Waals surface area contributed by atoms with Crippen molar-refractivity contribution in [2.45, 2.75) is 45.4 Å². The molecule has 0 aromatic carbocycles. The van der Waals surface area contributed by atoms with Crippen molar-refractivity contribution in [3.63, 3.8) is 0 Å². The smallest absolute Gasteiger partial charge is 0.303 e. The summed E-state index contributed by atoms with van der Waals surface area (Å²) in [5, 5.41) is 8.27. The van der Waals surface area contributed by atoms with Crippen molar-refractivity contribution in [2.75, 3.05) is 14.2 Å². The molecule has 0 saturated carbocycles. The van der Waals surface area contributed by atoms with Gasteiger partial charge in [-0.05, 0) is 6.42 Å². The zero-order valence-corrected chi connectivity index (χ0v) is 9.41. The summed E-state index contributed by atoms with van der Waals surface area (Å²) in [4.78, 5) is 18.1. The maximum absolute atomic E-state index is 10.0. The van der Waals surface area contributed by atoms with Gasteiger partial charge in [-0.3, -0.25) is 4.79 Å². The van der Waals surface area contributed by atoms with Gasteiger partial charge in [-0.2, -0.15) is 0 Å². The summed E-state index contributed by atoms with van der Waals surface area (Å²) in [6.07, 6.45) is 5.88. The molecule has 0 fully saturated rings. The lowest BCUT2D eigenvalue weighted by atomic mass is 10.1. The first-order valence-electron chi connectivity index (χ1n) is 4.97. The average Bonchev–Trinajstić information content (AvgIpc) is 2.18. The summed E-state index contributed by atoms with van der Waals surface area (Å²) in [6, 6.07) is 0. The van der Waals surface area contributed by atoms with E-state index in [0.717, 1.165) is 12.8 Å². The Morgan fingerprint density at radius 1 is 1.07 bits per heavy atom. The van der Waals surface area contributed by atoms with Gasteiger partial charge in [0.2, 0.25) is 0 Å². The third-order valence-electron chi connectivity index (χ3n) is 1.66. The van der Waals surface area contributed by atoms with Crippen LogP contribution in [0.4, 0.5) is 0 Å². The maximum atomic E-state index is 10.0. The highest BCUT2D eigenvalue weighted by Gasteiger charge is 1.94. The largest absolute Gasteiger partial charge is 0.481 e. The van der Waals surface area contributed by atoms with Gasteiger partial charge in [0.15, 0.2) is 0 Å². The molecule has 0 amide bonds. The summed E-state index contributed by atoms with van der Waals surface area (Å²) in [5.74, 6) is -0.670. The molecule has 0 heterocycles. The van der Waals surface area contributed by atoms with Crippen LogP contribution in [0.15, 0.2) is 0 Å². The highest BCUT2D eigenvalue weighted by atomic mass is 17.2. The van der Waals surface area contributed by atoms with E-state index in [1.807, 2.05) is 0 Å². The molecule has 4 heteroatoms. The van der Waals surface area contributed by atoms with E-state index in [1.165, 1.54) is 33.5 Å². The third-order valence-corrected chi connectivity index (χ3v) is 1.66. The molecule has 0 rings (SSSR count). The second-order valence-electron chi connectivity index (χ2n) is 2.89. The second-order valence-corrected chi connectivity index (χ2v) is 2.89. The fourth-order valence-corrected chi connectivity index (χ4v) is 0.880. The quantitative estimate of drug-likeness (QED) is 0.395. The number of carboxylic acids is 1. The lowest BCUT2D eigenvalue weighted by molar-refractivity contribution is -0.248. The predicted octanol–water partition coefficient (Wildman–Crippen LogP) is 2.63. The molecule has 0 radical (unpaired) electrons. The molecule has 0 bridgehead atoms. The van der Waals surface area contributed by atoms with Crippen molar-refractivity contribution >= 4 is 5.97 Å². The second kappa shape index (κ2) is 14.9. The Morgan fingerprint density at radius 2 is 1.57 bits per heavy atom. The van der Waals surface area contributed by atoms with Gasteiger partial charge < -0.3 is 5.11 Å². The highest BCUT2D eigenvalue weighted by Crippen LogP contribution is 2.04. The minimum atomic E-state index is -0.670. The van der Waals surface area contributed by atoms with E-state index in [1.54, 1.807) is 0 Å². The van der Waals surface area contributed by atoms with Crippen LogP contribution in [-0.4, -0.2) is 25.3 Å². The van der Waals surface area contributed by atoms with Crippen molar-refractivity contribution in [1.82, 2.24) is 0 Å². The molecule has 1 N–H and O–H groups in total. The normalized spacial score (nSPS) is 9.07. The van der Waals surface area contributed by atoms with E-state index in [9.17, 15) is 4.79 Å². The monoisotopic (exact) mass is 206 g/mol. The van der Waals surface area contributed by atoms with E-state index in [2.05, 4.69) is 16.7 Å². The van der Waals surface area contributed by atoms with Gasteiger partial charge in [-0.1, -0.05) is 32.6 Å². The van der Waals surface area contributed by atoms with Gasteiger partial charge >= 0.3 is 5.97 Å². The first-order valence-corrected chi connectivity index (χ1v) is 4.97. The Bertz CT molecular complexity index is 113. The summed E-state index contributed by atoms with van der Waals surface area (Å²) < 4.78 is 0. The standard InChI is InChI=1S/C8H16O2.C2H6O2/c1-2-3-4-5-6-7-8(9)10;1-3-4-2/h2-7H2,1H3,(H,9,10);1-2H3.